The van der Waals surface area contributed by atoms with E-state index < -0.39 is 33.0 Å². The van der Waals surface area contributed by atoms with Crippen LogP contribution in [0.4, 0.5) is 0 Å². The molecule has 0 rings (SSSR count). The minimum Gasteiger partial charge on any atom is -0.563 e. The molecule has 16 heteroatoms. The van der Waals surface area contributed by atoms with Crippen molar-refractivity contribution < 1.29 is 73.3 Å². The van der Waals surface area contributed by atoms with E-state index in [0.29, 0.717) is 0 Å². The van der Waals surface area contributed by atoms with Crippen LogP contribution in [0.15, 0.2) is 0 Å². The van der Waals surface area contributed by atoms with Gasteiger partial charge in [-0.25, -0.2) is 0 Å². The van der Waals surface area contributed by atoms with E-state index in [2.05, 4.69) is 8.62 Å². The number of hydrogen-bond donors (Lipinski definition) is 1. The second-order valence-corrected chi connectivity index (χ2v) is 4.15. The Labute approximate surface area is 113 Å². The van der Waals surface area contributed by atoms with E-state index in [0.717, 1.165) is 7.11 Å². The second-order valence-electron chi connectivity index (χ2n) is 1.06. The van der Waals surface area contributed by atoms with E-state index in [1.54, 1.807) is 0 Å². The van der Waals surface area contributed by atoms with Crippen LogP contribution in [0.3, 0.4) is 0 Å². The Bertz CT molecular complexity index is 202. The molecule has 0 radical (unpaired) electrons. The maximum Gasteiger partial charge on any atom is 4.00 e. The quantitative estimate of drug-likeness (QED) is 0.415. The molecule has 17 heavy (non-hydrogen) atoms. The molecule has 0 aliphatic carbocycles. The third-order valence-electron chi connectivity index (χ3n) is 0.267. The van der Waals surface area contributed by atoms with Crippen molar-refractivity contribution in [1.82, 2.24) is 0 Å². The maximum atomic E-state index is 9.24. The topological polar surface area (TPSA) is 199 Å². The molecule has 0 spiro atoms. The van der Waals surface area contributed by atoms with E-state index in [1.165, 1.54) is 0 Å². The molecular weight excluding hydrogens is 360 g/mol. The van der Waals surface area contributed by atoms with Gasteiger partial charge in [0.25, 0.3) is 0 Å². The minimum absolute atomic E-state index is 0. The van der Waals surface area contributed by atoms with Gasteiger partial charge in [0.05, 0.1) is 0 Å². The monoisotopic (exact) mass is 364 g/mol. The molecule has 0 aliphatic heterocycles. The second kappa shape index (κ2) is 19.2. The van der Waals surface area contributed by atoms with Crippen LogP contribution in [0, 0.1) is 0 Å². The van der Waals surface area contributed by atoms with E-state index in [-0.39, 0.29) is 21.7 Å². The van der Waals surface area contributed by atoms with Crippen LogP contribution in [0.25, 0.3) is 0 Å². The Morgan fingerprint density at radius 3 is 0.824 bits per heavy atom. The molecular formula is CH4O11P4Ti+4. The Balaban J connectivity index is -0.0000000823. The summed E-state index contributed by atoms with van der Waals surface area (Å²) in [6, 6.07) is 0. The minimum atomic E-state index is -3.24. The van der Waals surface area contributed by atoms with Gasteiger partial charge < -0.3 is 24.7 Å². The van der Waals surface area contributed by atoms with Crippen molar-refractivity contribution in [3.05, 3.63) is 0 Å². The van der Waals surface area contributed by atoms with Gasteiger partial charge in [-0.1, -0.05) is 0 Å². The first-order valence-electron chi connectivity index (χ1n) is 2.64. The van der Waals surface area contributed by atoms with Crippen LogP contribution in [0.1, 0.15) is 0 Å². The fourth-order valence-corrected chi connectivity index (χ4v) is 0.980. The molecule has 0 heterocycles. The molecule has 0 amide bonds. The Hall–Kier alpha value is 0.834. The Morgan fingerprint density at radius 1 is 0.706 bits per heavy atom. The van der Waals surface area contributed by atoms with Gasteiger partial charge in [0.15, 0.2) is 0 Å². The number of aliphatic hydroxyl groups excluding tert-OH is 1. The third kappa shape index (κ3) is 47.5. The van der Waals surface area contributed by atoms with Crippen molar-refractivity contribution in [3.63, 3.8) is 0 Å². The van der Waals surface area contributed by atoms with Crippen LogP contribution in [0.2, 0.25) is 0 Å². The van der Waals surface area contributed by atoms with E-state index in [9.17, 15) is 37.8 Å². The van der Waals surface area contributed by atoms with Gasteiger partial charge >= 0.3 is 54.7 Å². The maximum absolute atomic E-state index is 9.24. The van der Waals surface area contributed by atoms with E-state index in [4.69, 9.17) is 5.11 Å². The molecule has 0 bridgehead atoms. The van der Waals surface area contributed by atoms with Crippen molar-refractivity contribution in [2.45, 2.75) is 0 Å². The van der Waals surface area contributed by atoms with Crippen molar-refractivity contribution in [1.29, 1.82) is 0 Å². The summed E-state index contributed by atoms with van der Waals surface area (Å²) in [7, 11) is -11.9. The molecule has 1 N–H and O–H groups in total. The summed E-state index contributed by atoms with van der Waals surface area (Å²) in [4.78, 5) is 37.0. The summed E-state index contributed by atoms with van der Waals surface area (Å²) in [6.45, 7) is 0. The van der Waals surface area contributed by atoms with E-state index in [1.807, 2.05) is 0 Å². The normalized spacial score (nSPS) is 11.4. The van der Waals surface area contributed by atoms with Crippen LogP contribution in [-0.4, -0.2) is 12.2 Å². The predicted octanol–water partition coefficient (Wildman–Crippen LogP) is -2.32. The molecule has 0 aliphatic rings. The van der Waals surface area contributed by atoms with Gasteiger partial charge in [-0.15, -0.1) is 0 Å². The number of hydrogen-bond acceptors (Lipinski definition) is 11. The molecule has 0 aromatic carbocycles. The average Bonchev–Trinajstić information content (AvgIpc) is 2.03. The van der Waals surface area contributed by atoms with E-state index >= 15 is 0 Å². The summed E-state index contributed by atoms with van der Waals surface area (Å²) < 4.78 is 43.3. The zero-order chi connectivity index (χ0) is 13.7. The Kier molecular flexibility index (Phi) is 29.8. The molecule has 4 unspecified atom stereocenters. The summed E-state index contributed by atoms with van der Waals surface area (Å²) in [5.74, 6) is 0. The molecule has 0 saturated heterocycles. The van der Waals surface area contributed by atoms with Gasteiger partial charge in [-0.05, 0) is 18.3 Å². The molecule has 4 atom stereocenters. The van der Waals surface area contributed by atoms with Crippen molar-refractivity contribution in [2.24, 2.45) is 0 Å². The molecule has 0 saturated carbocycles. The first-order valence-corrected chi connectivity index (χ1v) is 7.02. The number of aliphatic hydroxyl groups is 1. The van der Waals surface area contributed by atoms with Crippen LogP contribution in [-0.2, 0) is 48.6 Å². The van der Waals surface area contributed by atoms with Crippen LogP contribution < -0.4 is 19.6 Å². The van der Waals surface area contributed by atoms with Crippen LogP contribution >= 0.6 is 33.0 Å². The van der Waals surface area contributed by atoms with Crippen molar-refractivity contribution >= 4 is 33.0 Å². The zero-order valence-corrected chi connectivity index (χ0v) is 13.0. The predicted molar refractivity (Wildman–Crippen MR) is 40.7 cm³/mol. The summed E-state index contributed by atoms with van der Waals surface area (Å²) >= 11 is 0. The zero-order valence-electron chi connectivity index (χ0n) is 7.82. The molecule has 0 fully saturated rings. The first-order chi connectivity index (χ1) is 7.25. The van der Waals surface area contributed by atoms with Gasteiger partial charge in [0, 0.05) is 7.11 Å². The smallest absolute Gasteiger partial charge is 0.563 e. The molecule has 0 aromatic rings. The molecule has 11 nitrogen and oxygen atoms in total. The first kappa shape index (κ1) is 26.4. The fourth-order valence-electron chi connectivity index (χ4n) is 0.109. The average molecular weight is 364 g/mol. The SMILES string of the molecule is CO.O=[P+]([O-])O[P+](=O)[O-].O=[P+]([O-])O[P+](=O)[O-].[Ti+4]. The van der Waals surface area contributed by atoms with Crippen molar-refractivity contribution in [2.75, 3.05) is 7.11 Å². The standard InChI is InChI=1S/CH4O.2O5P2.Ti/c1-2;2*1-6(2)5-7(3)4;/h2H,1H3;;;/q;;;+4. The molecule has 0 aromatic heterocycles. The Morgan fingerprint density at radius 2 is 0.824 bits per heavy atom. The van der Waals surface area contributed by atoms with Crippen molar-refractivity contribution in [3.8, 4) is 0 Å². The van der Waals surface area contributed by atoms with Gasteiger partial charge in [0.1, 0.15) is 8.62 Å². The van der Waals surface area contributed by atoms with Gasteiger partial charge in [-0.3, -0.25) is 0 Å². The fraction of sp³-hybridized carbons (Fsp3) is 1.00. The van der Waals surface area contributed by atoms with Crippen LogP contribution in [0.5, 0.6) is 0 Å². The number of rotatable bonds is 4. The summed E-state index contributed by atoms with van der Waals surface area (Å²) in [5, 5.41) is 7.00. The summed E-state index contributed by atoms with van der Waals surface area (Å²) in [5.41, 5.74) is 0. The largest absolute Gasteiger partial charge is 4.00 e. The third-order valence-corrected chi connectivity index (χ3v) is 2.40. The summed E-state index contributed by atoms with van der Waals surface area (Å²) in [6.07, 6.45) is 0. The van der Waals surface area contributed by atoms with Gasteiger partial charge in [-0.2, -0.15) is 0 Å². The molecule has 94 valence electrons. The van der Waals surface area contributed by atoms with Gasteiger partial charge in [0.2, 0.25) is 0 Å².